The fraction of sp³-hybridized carbons (Fsp3) is 0.481. The number of ether oxygens (including phenoxy) is 3. The molecule has 2 rings (SSSR count). The van der Waals surface area contributed by atoms with Gasteiger partial charge in [0.1, 0.15) is 29.8 Å². The monoisotopic (exact) mass is 549 g/mol. The highest BCUT2D eigenvalue weighted by molar-refractivity contribution is 7.92. The summed E-state index contributed by atoms with van der Waals surface area (Å²) in [5, 5.41) is 2.95. The molecule has 0 aliphatic rings. The first-order valence-electron chi connectivity index (χ1n) is 12.4. The lowest BCUT2D eigenvalue weighted by Gasteiger charge is -2.33. The maximum Gasteiger partial charge on any atom is 0.244 e. The Kier molecular flexibility index (Phi) is 11.2. The number of hydrogen-bond acceptors (Lipinski definition) is 7. The second-order valence-corrected chi connectivity index (χ2v) is 10.8. The van der Waals surface area contributed by atoms with Gasteiger partial charge in [0, 0.05) is 18.7 Å². The highest BCUT2D eigenvalue weighted by Crippen LogP contribution is 2.34. The van der Waals surface area contributed by atoms with E-state index in [2.05, 4.69) is 5.32 Å². The van der Waals surface area contributed by atoms with E-state index >= 15 is 0 Å². The minimum atomic E-state index is -3.93. The number of benzene rings is 2. The third-order valence-electron chi connectivity index (χ3n) is 6.23. The van der Waals surface area contributed by atoms with Crippen LogP contribution in [0.4, 0.5) is 5.69 Å². The van der Waals surface area contributed by atoms with Gasteiger partial charge in [0.05, 0.1) is 33.3 Å². The maximum absolute atomic E-state index is 13.9. The molecule has 0 bridgehead atoms. The second-order valence-electron chi connectivity index (χ2n) is 8.92. The molecule has 0 radical (unpaired) electrons. The molecule has 11 heteroatoms. The predicted molar refractivity (Wildman–Crippen MR) is 147 cm³/mol. The van der Waals surface area contributed by atoms with Gasteiger partial charge in [0.15, 0.2) is 0 Å². The summed E-state index contributed by atoms with van der Waals surface area (Å²) < 4.78 is 42.7. The highest BCUT2D eigenvalue weighted by atomic mass is 32.2. The fourth-order valence-corrected chi connectivity index (χ4v) is 4.72. The lowest BCUT2D eigenvalue weighted by molar-refractivity contribution is -0.140. The van der Waals surface area contributed by atoms with Gasteiger partial charge in [-0.05, 0) is 49.6 Å². The van der Waals surface area contributed by atoms with Gasteiger partial charge in [-0.3, -0.25) is 13.9 Å². The Bertz CT molecular complexity index is 1190. The topological polar surface area (TPSA) is 114 Å². The van der Waals surface area contributed by atoms with Crippen LogP contribution >= 0.6 is 0 Å². The van der Waals surface area contributed by atoms with Crippen LogP contribution in [0.3, 0.4) is 0 Å². The van der Waals surface area contributed by atoms with Crippen molar-refractivity contribution in [3.8, 4) is 17.2 Å². The van der Waals surface area contributed by atoms with E-state index in [1.165, 1.54) is 25.2 Å². The highest BCUT2D eigenvalue weighted by Gasteiger charge is 2.33. The Hall–Kier alpha value is -3.47. The number of rotatable bonds is 14. The van der Waals surface area contributed by atoms with E-state index in [4.69, 9.17) is 14.2 Å². The van der Waals surface area contributed by atoms with Gasteiger partial charge in [-0.1, -0.05) is 26.0 Å². The largest absolute Gasteiger partial charge is 0.497 e. The zero-order valence-electron chi connectivity index (χ0n) is 23.2. The molecule has 2 atom stereocenters. The number of amides is 2. The molecule has 0 saturated heterocycles. The van der Waals surface area contributed by atoms with Crippen molar-refractivity contribution in [2.24, 2.45) is 0 Å². The first-order valence-corrected chi connectivity index (χ1v) is 14.3. The average Bonchev–Trinajstić information content (AvgIpc) is 2.90. The molecular weight excluding hydrogens is 510 g/mol. The summed E-state index contributed by atoms with van der Waals surface area (Å²) in [6.07, 6.45) is 2.08. The van der Waals surface area contributed by atoms with Gasteiger partial charge in [-0.25, -0.2) is 8.42 Å². The molecule has 0 fully saturated rings. The zero-order valence-corrected chi connectivity index (χ0v) is 24.0. The van der Waals surface area contributed by atoms with Crippen LogP contribution in [0.5, 0.6) is 17.2 Å². The van der Waals surface area contributed by atoms with E-state index in [0.29, 0.717) is 17.9 Å². The molecule has 2 aromatic carbocycles. The second kappa shape index (κ2) is 13.9. The number of hydrogen-bond donors (Lipinski definition) is 1. The molecule has 210 valence electrons. The average molecular weight is 550 g/mol. The first-order chi connectivity index (χ1) is 18.0. The molecule has 2 amide bonds. The number of carbonyl (C=O) groups is 2. The molecule has 0 heterocycles. The lowest BCUT2D eigenvalue weighted by atomic mass is 10.1. The minimum Gasteiger partial charge on any atom is -0.497 e. The van der Waals surface area contributed by atoms with E-state index < -0.39 is 28.5 Å². The Morgan fingerprint density at radius 2 is 1.53 bits per heavy atom. The maximum atomic E-state index is 13.9. The number of nitrogens with one attached hydrogen (secondary N) is 1. The smallest absolute Gasteiger partial charge is 0.244 e. The Morgan fingerprint density at radius 3 is 2.03 bits per heavy atom. The molecule has 10 nitrogen and oxygen atoms in total. The van der Waals surface area contributed by atoms with Gasteiger partial charge in [0.25, 0.3) is 0 Å². The normalized spacial score (nSPS) is 12.7. The summed E-state index contributed by atoms with van der Waals surface area (Å²) in [5.41, 5.74) is 0.919. The van der Waals surface area contributed by atoms with E-state index in [0.717, 1.165) is 22.5 Å². The standard InChI is InChI=1S/C27H39N3O7S/c1-8-19(3)28-27(32)23(9-2)29(17-20-10-12-21(35-4)13-11-20)26(31)18-30(38(7,33)34)24-16-22(36-5)14-15-25(24)37-6/h10-16,19,23H,8-9,17-18H2,1-7H3,(H,28,32)/t19-,23+/m1/s1. The summed E-state index contributed by atoms with van der Waals surface area (Å²) in [6.45, 7) is 5.22. The van der Waals surface area contributed by atoms with Crippen molar-refractivity contribution in [3.63, 3.8) is 0 Å². The first kappa shape index (κ1) is 30.8. The van der Waals surface area contributed by atoms with Crippen LogP contribution < -0.4 is 23.8 Å². The lowest BCUT2D eigenvalue weighted by Crippen LogP contribution is -2.53. The van der Waals surface area contributed by atoms with E-state index in [1.807, 2.05) is 20.8 Å². The minimum absolute atomic E-state index is 0.0805. The number of methoxy groups -OCH3 is 3. The van der Waals surface area contributed by atoms with E-state index in [-0.39, 0.29) is 29.9 Å². The molecule has 38 heavy (non-hydrogen) atoms. The Labute approximate surface area is 225 Å². The van der Waals surface area contributed by atoms with Crippen molar-refractivity contribution < 1.29 is 32.2 Å². The summed E-state index contributed by atoms with van der Waals surface area (Å²) >= 11 is 0. The summed E-state index contributed by atoms with van der Waals surface area (Å²) in [6, 6.07) is 10.9. The van der Waals surface area contributed by atoms with Crippen LogP contribution in [0.1, 0.15) is 39.2 Å². The van der Waals surface area contributed by atoms with E-state index in [9.17, 15) is 18.0 Å². The van der Waals surface area contributed by atoms with Crippen LogP contribution in [-0.2, 0) is 26.2 Å². The van der Waals surface area contributed by atoms with Crippen molar-refractivity contribution >= 4 is 27.5 Å². The van der Waals surface area contributed by atoms with Crippen LogP contribution in [0, 0.1) is 0 Å². The number of nitrogens with zero attached hydrogens (tertiary/aromatic N) is 2. The quantitative estimate of drug-likeness (QED) is 0.385. The SMILES string of the molecule is CC[C@@H](C)NC(=O)[C@H](CC)N(Cc1ccc(OC)cc1)C(=O)CN(c1cc(OC)ccc1OC)S(C)(=O)=O. The molecule has 0 saturated carbocycles. The third-order valence-corrected chi connectivity index (χ3v) is 7.36. The molecule has 1 N–H and O–H groups in total. The molecule has 2 aromatic rings. The molecule has 0 aliphatic carbocycles. The molecule has 0 spiro atoms. The summed E-state index contributed by atoms with van der Waals surface area (Å²) in [7, 11) is 0.502. The van der Waals surface area contributed by atoms with Gasteiger partial charge >= 0.3 is 0 Å². The van der Waals surface area contributed by atoms with Crippen molar-refractivity contribution in [3.05, 3.63) is 48.0 Å². The Balaban J connectivity index is 2.52. The van der Waals surface area contributed by atoms with Crippen molar-refractivity contribution in [1.29, 1.82) is 0 Å². The fourth-order valence-electron chi connectivity index (χ4n) is 3.87. The number of sulfonamides is 1. The third kappa shape index (κ3) is 8.01. The van der Waals surface area contributed by atoms with Crippen LogP contribution in [-0.4, -0.2) is 71.3 Å². The number of carbonyl (C=O) groups excluding carboxylic acids is 2. The summed E-state index contributed by atoms with van der Waals surface area (Å²) in [5.74, 6) is 0.473. The van der Waals surface area contributed by atoms with Crippen molar-refractivity contribution in [1.82, 2.24) is 10.2 Å². The predicted octanol–water partition coefficient (Wildman–Crippen LogP) is 3.20. The van der Waals surface area contributed by atoms with Crippen molar-refractivity contribution in [2.75, 3.05) is 38.4 Å². The van der Waals surface area contributed by atoms with Gasteiger partial charge < -0.3 is 24.4 Å². The zero-order chi connectivity index (χ0) is 28.5. The molecule has 0 aromatic heterocycles. The van der Waals surface area contributed by atoms with Crippen molar-refractivity contribution in [2.45, 2.75) is 52.2 Å². The molecule has 0 unspecified atom stereocenters. The van der Waals surface area contributed by atoms with Crippen LogP contribution in [0.15, 0.2) is 42.5 Å². The van der Waals surface area contributed by atoms with Gasteiger partial charge in [-0.15, -0.1) is 0 Å². The van der Waals surface area contributed by atoms with Gasteiger partial charge in [0.2, 0.25) is 21.8 Å². The van der Waals surface area contributed by atoms with Crippen LogP contribution in [0.25, 0.3) is 0 Å². The summed E-state index contributed by atoms with van der Waals surface area (Å²) in [4.78, 5) is 28.5. The Morgan fingerprint density at radius 1 is 0.921 bits per heavy atom. The van der Waals surface area contributed by atoms with Crippen LogP contribution in [0.2, 0.25) is 0 Å². The van der Waals surface area contributed by atoms with E-state index in [1.54, 1.807) is 43.5 Å². The molecule has 0 aliphatic heterocycles. The number of anilines is 1. The van der Waals surface area contributed by atoms with Gasteiger partial charge in [-0.2, -0.15) is 0 Å². The molecular formula is C27H39N3O7S.